The molecule has 0 bridgehead atoms. The molecule has 0 atom stereocenters. The van der Waals surface area contributed by atoms with Crippen LogP contribution in [0.15, 0.2) is 36.8 Å². The predicted octanol–water partition coefficient (Wildman–Crippen LogP) is 4.20. The number of carbonyl (C=O) groups excluding carboxylic acids is 2. The summed E-state index contributed by atoms with van der Waals surface area (Å²) in [5.41, 5.74) is -2.51. The van der Waals surface area contributed by atoms with Crippen LogP contribution >= 0.6 is 11.6 Å². The van der Waals surface area contributed by atoms with Gasteiger partial charge in [0.15, 0.2) is 0 Å². The van der Waals surface area contributed by atoms with E-state index in [4.69, 9.17) is 21.1 Å². The SMILES string of the molecule is COc1cc(C(=O)Nc2ccc(F)c(C(F)(F)F)c2)c(NC(=O)c2c(Cl)ncnc2OC)cn1. The van der Waals surface area contributed by atoms with Crippen LogP contribution in [-0.2, 0) is 6.18 Å². The van der Waals surface area contributed by atoms with Gasteiger partial charge in [-0.3, -0.25) is 9.59 Å². The average molecular weight is 500 g/mol. The van der Waals surface area contributed by atoms with Crippen molar-refractivity contribution in [3.63, 3.8) is 0 Å². The van der Waals surface area contributed by atoms with Gasteiger partial charge in [0, 0.05) is 11.8 Å². The van der Waals surface area contributed by atoms with Gasteiger partial charge in [-0.05, 0) is 18.2 Å². The summed E-state index contributed by atoms with van der Waals surface area (Å²) in [5, 5.41) is 4.39. The lowest BCUT2D eigenvalue weighted by Gasteiger charge is -2.14. The van der Waals surface area contributed by atoms with Crippen LogP contribution in [-0.4, -0.2) is 41.0 Å². The fraction of sp³-hybridized carbons (Fsp3) is 0.150. The molecule has 34 heavy (non-hydrogen) atoms. The minimum Gasteiger partial charge on any atom is -0.481 e. The van der Waals surface area contributed by atoms with Crippen LogP contribution in [0, 0.1) is 5.82 Å². The van der Waals surface area contributed by atoms with Crippen molar-refractivity contribution in [2.45, 2.75) is 6.18 Å². The van der Waals surface area contributed by atoms with E-state index in [0.29, 0.717) is 12.1 Å². The highest BCUT2D eigenvalue weighted by Crippen LogP contribution is 2.33. The van der Waals surface area contributed by atoms with Crippen molar-refractivity contribution in [3.05, 3.63) is 64.5 Å². The maximum absolute atomic E-state index is 13.6. The van der Waals surface area contributed by atoms with E-state index in [1.165, 1.54) is 14.2 Å². The number of anilines is 2. The molecule has 2 amide bonds. The molecule has 2 heterocycles. The largest absolute Gasteiger partial charge is 0.481 e. The maximum atomic E-state index is 13.6. The van der Waals surface area contributed by atoms with Gasteiger partial charge in [-0.2, -0.15) is 13.2 Å². The standard InChI is InChI=1S/C20H14ClF4N5O4/c1-33-14-6-10(17(31)29-9-3-4-12(22)11(5-9)20(23,24)25)13(7-26-14)30-18(32)15-16(21)27-8-28-19(15)34-2/h3-8H,1-2H3,(H,29,31)(H,30,32). The first-order chi connectivity index (χ1) is 16.0. The quantitative estimate of drug-likeness (QED) is 0.385. The number of amides is 2. The Labute approximate surface area is 194 Å². The molecule has 2 N–H and O–H groups in total. The molecule has 0 saturated heterocycles. The van der Waals surface area contributed by atoms with Crippen LogP contribution in [0.3, 0.4) is 0 Å². The third kappa shape index (κ3) is 5.31. The third-order valence-corrected chi connectivity index (χ3v) is 4.58. The van der Waals surface area contributed by atoms with Gasteiger partial charge in [-0.15, -0.1) is 0 Å². The zero-order valence-electron chi connectivity index (χ0n) is 17.3. The smallest absolute Gasteiger partial charge is 0.419 e. The summed E-state index contributed by atoms with van der Waals surface area (Å²) in [5.74, 6) is -3.48. The number of alkyl halides is 3. The Morgan fingerprint density at radius 3 is 2.38 bits per heavy atom. The molecule has 2 aromatic heterocycles. The monoisotopic (exact) mass is 499 g/mol. The summed E-state index contributed by atoms with van der Waals surface area (Å²) in [7, 11) is 2.52. The van der Waals surface area contributed by atoms with E-state index in [1.807, 2.05) is 0 Å². The van der Waals surface area contributed by atoms with Crippen LogP contribution in [0.1, 0.15) is 26.3 Å². The molecule has 9 nitrogen and oxygen atoms in total. The van der Waals surface area contributed by atoms with Crippen molar-refractivity contribution in [3.8, 4) is 11.8 Å². The van der Waals surface area contributed by atoms with Crippen molar-refractivity contribution in [1.82, 2.24) is 15.0 Å². The summed E-state index contributed by atoms with van der Waals surface area (Å²) in [6.07, 6.45) is -2.81. The molecule has 1 aromatic carbocycles. The van der Waals surface area contributed by atoms with Crippen LogP contribution in [0.2, 0.25) is 5.15 Å². The van der Waals surface area contributed by atoms with E-state index in [0.717, 1.165) is 24.7 Å². The van der Waals surface area contributed by atoms with Gasteiger partial charge < -0.3 is 20.1 Å². The lowest BCUT2D eigenvalue weighted by atomic mass is 10.1. The van der Waals surface area contributed by atoms with Crippen LogP contribution in [0.4, 0.5) is 28.9 Å². The molecule has 0 fully saturated rings. The number of pyridine rings is 1. The van der Waals surface area contributed by atoms with E-state index in [9.17, 15) is 27.2 Å². The topological polar surface area (TPSA) is 115 Å². The Morgan fingerprint density at radius 2 is 1.74 bits per heavy atom. The molecule has 178 valence electrons. The highest BCUT2D eigenvalue weighted by molar-refractivity contribution is 6.33. The Hall–Kier alpha value is -4.00. The zero-order chi connectivity index (χ0) is 25.0. The Bertz CT molecular complexity index is 1260. The van der Waals surface area contributed by atoms with Crippen LogP contribution < -0.4 is 20.1 Å². The number of ether oxygens (including phenoxy) is 2. The zero-order valence-corrected chi connectivity index (χ0v) is 18.1. The van der Waals surface area contributed by atoms with Gasteiger partial charge in [-0.25, -0.2) is 19.3 Å². The van der Waals surface area contributed by atoms with Gasteiger partial charge in [0.25, 0.3) is 11.8 Å². The molecule has 0 aliphatic carbocycles. The molecular formula is C20H14ClF4N5O4. The van der Waals surface area contributed by atoms with Crippen molar-refractivity contribution < 1.29 is 36.6 Å². The molecule has 0 aliphatic rings. The van der Waals surface area contributed by atoms with Gasteiger partial charge >= 0.3 is 6.18 Å². The number of methoxy groups -OCH3 is 2. The van der Waals surface area contributed by atoms with E-state index >= 15 is 0 Å². The van der Waals surface area contributed by atoms with Crippen LogP contribution in [0.25, 0.3) is 0 Å². The Morgan fingerprint density at radius 1 is 1.00 bits per heavy atom. The van der Waals surface area contributed by atoms with Gasteiger partial charge in [0.05, 0.1) is 37.2 Å². The number of carbonyl (C=O) groups is 2. The number of nitrogens with one attached hydrogen (secondary N) is 2. The highest BCUT2D eigenvalue weighted by Gasteiger charge is 2.34. The second-order valence-electron chi connectivity index (χ2n) is 6.42. The van der Waals surface area contributed by atoms with Crippen molar-refractivity contribution in [2.75, 3.05) is 24.9 Å². The van der Waals surface area contributed by atoms with Gasteiger partial charge in [0.2, 0.25) is 11.8 Å². The molecule has 0 radical (unpaired) electrons. The second kappa shape index (κ2) is 9.87. The number of nitrogens with zero attached hydrogens (tertiary/aromatic N) is 3. The molecule has 14 heteroatoms. The summed E-state index contributed by atoms with van der Waals surface area (Å²) < 4.78 is 62.5. The average Bonchev–Trinajstić information content (AvgIpc) is 2.79. The molecule has 0 saturated carbocycles. The minimum absolute atomic E-state index is 0.0307. The Balaban J connectivity index is 1.95. The van der Waals surface area contributed by atoms with Crippen molar-refractivity contribution in [2.24, 2.45) is 0 Å². The number of rotatable bonds is 6. The van der Waals surface area contributed by atoms with Gasteiger partial charge in [-0.1, -0.05) is 11.6 Å². The molecular weight excluding hydrogens is 486 g/mol. The van der Waals surface area contributed by atoms with Crippen molar-refractivity contribution >= 4 is 34.8 Å². The number of benzene rings is 1. The summed E-state index contributed by atoms with van der Waals surface area (Å²) >= 11 is 5.96. The molecule has 0 aliphatic heterocycles. The second-order valence-corrected chi connectivity index (χ2v) is 6.78. The number of halogens is 5. The summed E-state index contributed by atoms with van der Waals surface area (Å²) in [4.78, 5) is 37.0. The summed E-state index contributed by atoms with van der Waals surface area (Å²) in [6, 6.07) is 3.10. The predicted molar refractivity (Wildman–Crippen MR) is 112 cm³/mol. The van der Waals surface area contributed by atoms with Gasteiger partial charge in [0.1, 0.15) is 22.9 Å². The van der Waals surface area contributed by atoms with Crippen LogP contribution in [0.5, 0.6) is 11.8 Å². The fourth-order valence-electron chi connectivity index (χ4n) is 2.73. The number of hydrogen-bond acceptors (Lipinski definition) is 7. The lowest BCUT2D eigenvalue weighted by molar-refractivity contribution is -0.139. The first kappa shape index (κ1) is 24.6. The summed E-state index contributed by atoms with van der Waals surface area (Å²) in [6.45, 7) is 0. The van der Waals surface area contributed by atoms with Crippen molar-refractivity contribution in [1.29, 1.82) is 0 Å². The third-order valence-electron chi connectivity index (χ3n) is 4.30. The van der Waals surface area contributed by atoms with E-state index < -0.39 is 29.4 Å². The lowest BCUT2D eigenvalue weighted by Crippen LogP contribution is -2.20. The number of hydrogen-bond donors (Lipinski definition) is 2. The Kier molecular flexibility index (Phi) is 7.15. The molecule has 0 spiro atoms. The molecule has 0 unspecified atom stereocenters. The minimum atomic E-state index is -4.97. The van der Waals surface area contributed by atoms with E-state index in [2.05, 4.69) is 25.6 Å². The maximum Gasteiger partial charge on any atom is 0.419 e. The fourth-order valence-corrected chi connectivity index (χ4v) is 2.94. The highest BCUT2D eigenvalue weighted by atomic mass is 35.5. The normalized spacial score (nSPS) is 11.0. The first-order valence-corrected chi connectivity index (χ1v) is 9.51. The van der Waals surface area contributed by atoms with E-state index in [-0.39, 0.29) is 39.4 Å². The first-order valence-electron chi connectivity index (χ1n) is 9.13. The molecule has 3 aromatic rings. The van der Waals surface area contributed by atoms with E-state index in [1.54, 1.807) is 0 Å². The molecule has 3 rings (SSSR count). The number of aromatic nitrogens is 3.